The Balaban J connectivity index is 1.50. The summed E-state index contributed by atoms with van der Waals surface area (Å²) >= 11 is 0. The summed E-state index contributed by atoms with van der Waals surface area (Å²) in [6.45, 7) is 2.21. The molecule has 4 rings (SSSR count). The lowest BCUT2D eigenvalue weighted by atomic mass is 10.1. The van der Waals surface area contributed by atoms with Crippen molar-refractivity contribution in [2.75, 3.05) is 23.3 Å². The van der Waals surface area contributed by atoms with Crippen LogP contribution < -0.4 is 10.2 Å². The van der Waals surface area contributed by atoms with Crippen LogP contribution >= 0.6 is 0 Å². The van der Waals surface area contributed by atoms with Crippen molar-refractivity contribution < 1.29 is 0 Å². The molecular weight excluding hydrogens is 278 g/mol. The molecule has 1 fully saturated rings. The molecule has 0 atom stereocenters. The molecule has 1 N–H and O–H groups in total. The summed E-state index contributed by atoms with van der Waals surface area (Å²) in [6.07, 6.45) is 7.27. The van der Waals surface area contributed by atoms with Crippen molar-refractivity contribution in [1.82, 2.24) is 24.8 Å². The number of nitrogens with one attached hydrogen (secondary N) is 1. The number of anilines is 3. The lowest BCUT2D eigenvalue weighted by molar-refractivity contribution is 0.573. The minimum absolute atomic E-state index is 0.726. The van der Waals surface area contributed by atoms with Crippen molar-refractivity contribution in [3.63, 3.8) is 0 Å². The van der Waals surface area contributed by atoms with Crippen molar-refractivity contribution >= 4 is 23.0 Å². The van der Waals surface area contributed by atoms with Gasteiger partial charge in [0.2, 0.25) is 0 Å². The minimum Gasteiger partial charge on any atom is -0.357 e. The highest BCUT2D eigenvalue weighted by Gasteiger charge is 2.11. The summed E-state index contributed by atoms with van der Waals surface area (Å²) in [7, 11) is 0. The van der Waals surface area contributed by atoms with Crippen molar-refractivity contribution in [3.05, 3.63) is 36.8 Å². The molecular formula is C15H17N7. The monoisotopic (exact) mass is 295 g/mol. The van der Waals surface area contributed by atoms with E-state index in [9.17, 15) is 0 Å². The normalized spacial score (nSPS) is 15.2. The van der Waals surface area contributed by atoms with Gasteiger partial charge in [0.05, 0.1) is 11.9 Å². The molecule has 0 aliphatic carbocycles. The van der Waals surface area contributed by atoms with Gasteiger partial charge in [-0.25, -0.2) is 4.98 Å². The molecule has 0 amide bonds. The van der Waals surface area contributed by atoms with Gasteiger partial charge >= 0.3 is 0 Å². The standard InChI is InChI=1S/C15H17N7/c1-2-8-21(9-3-1)14-6-4-12(10-16-14)18-13-5-7-15-19-17-11-22(15)20-13/h4-7,10-11H,1-3,8-9H2,(H,18,20). The highest BCUT2D eigenvalue weighted by molar-refractivity contribution is 5.58. The van der Waals surface area contributed by atoms with Crippen LogP contribution in [0.4, 0.5) is 17.3 Å². The summed E-state index contributed by atoms with van der Waals surface area (Å²) in [6, 6.07) is 7.85. The fourth-order valence-electron chi connectivity index (χ4n) is 2.71. The van der Waals surface area contributed by atoms with Gasteiger partial charge in [-0.1, -0.05) is 0 Å². The number of piperidine rings is 1. The van der Waals surface area contributed by atoms with E-state index in [0.717, 1.165) is 36.1 Å². The third-order valence-electron chi connectivity index (χ3n) is 3.86. The van der Waals surface area contributed by atoms with E-state index >= 15 is 0 Å². The molecule has 0 radical (unpaired) electrons. The number of fused-ring (bicyclic) bond motifs is 1. The van der Waals surface area contributed by atoms with Gasteiger partial charge in [-0.15, -0.1) is 15.3 Å². The van der Waals surface area contributed by atoms with Crippen LogP contribution in [0.2, 0.25) is 0 Å². The number of rotatable bonds is 3. The van der Waals surface area contributed by atoms with Crippen LogP contribution in [0.25, 0.3) is 5.65 Å². The van der Waals surface area contributed by atoms with Gasteiger partial charge in [0.25, 0.3) is 0 Å². The molecule has 7 nitrogen and oxygen atoms in total. The first kappa shape index (κ1) is 13.0. The molecule has 1 saturated heterocycles. The number of nitrogens with zero attached hydrogens (tertiary/aromatic N) is 6. The molecule has 0 unspecified atom stereocenters. The van der Waals surface area contributed by atoms with E-state index in [1.807, 2.05) is 24.4 Å². The van der Waals surface area contributed by atoms with Crippen molar-refractivity contribution in [3.8, 4) is 0 Å². The maximum Gasteiger partial charge on any atom is 0.177 e. The van der Waals surface area contributed by atoms with Gasteiger partial charge in [-0.2, -0.15) is 4.52 Å². The average molecular weight is 295 g/mol. The van der Waals surface area contributed by atoms with E-state index in [0.29, 0.717) is 0 Å². The van der Waals surface area contributed by atoms with Gasteiger partial charge in [-0.05, 0) is 43.5 Å². The Morgan fingerprint density at radius 2 is 1.91 bits per heavy atom. The molecule has 0 saturated carbocycles. The zero-order valence-electron chi connectivity index (χ0n) is 12.2. The van der Waals surface area contributed by atoms with E-state index in [2.05, 4.69) is 36.6 Å². The second-order valence-electron chi connectivity index (χ2n) is 5.43. The van der Waals surface area contributed by atoms with Crippen LogP contribution in [0.3, 0.4) is 0 Å². The summed E-state index contributed by atoms with van der Waals surface area (Å²) in [5, 5.41) is 15.4. The third-order valence-corrected chi connectivity index (χ3v) is 3.86. The lowest BCUT2D eigenvalue weighted by Gasteiger charge is -2.27. The predicted molar refractivity (Wildman–Crippen MR) is 84.4 cm³/mol. The van der Waals surface area contributed by atoms with Gasteiger partial charge < -0.3 is 10.2 Å². The summed E-state index contributed by atoms with van der Waals surface area (Å²) in [4.78, 5) is 6.90. The predicted octanol–water partition coefficient (Wildman–Crippen LogP) is 2.25. The van der Waals surface area contributed by atoms with Crippen molar-refractivity contribution in [2.45, 2.75) is 19.3 Å². The lowest BCUT2D eigenvalue weighted by Crippen LogP contribution is -2.29. The van der Waals surface area contributed by atoms with E-state index in [1.54, 1.807) is 10.8 Å². The van der Waals surface area contributed by atoms with Crippen LogP contribution in [0, 0.1) is 0 Å². The fraction of sp³-hybridized carbons (Fsp3) is 0.333. The van der Waals surface area contributed by atoms with Crippen LogP contribution in [0.15, 0.2) is 36.8 Å². The maximum absolute atomic E-state index is 4.56. The van der Waals surface area contributed by atoms with E-state index in [1.165, 1.54) is 19.3 Å². The molecule has 22 heavy (non-hydrogen) atoms. The molecule has 1 aliphatic heterocycles. The Bertz CT molecular complexity index is 759. The molecule has 0 spiro atoms. The number of pyridine rings is 1. The number of hydrogen-bond donors (Lipinski definition) is 1. The zero-order chi connectivity index (χ0) is 14.8. The van der Waals surface area contributed by atoms with Crippen LogP contribution in [0.5, 0.6) is 0 Å². The van der Waals surface area contributed by atoms with Gasteiger partial charge in [0, 0.05) is 13.1 Å². The average Bonchev–Trinajstić information content (AvgIpc) is 3.04. The third kappa shape index (κ3) is 2.57. The minimum atomic E-state index is 0.726. The van der Waals surface area contributed by atoms with Gasteiger partial charge in [0.1, 0.15) is 12.1 Å². The summed E-state index contributed by atoms with van der Waals surface area (Å²) in [5.74, 6) is 1.78. The zero-order valence-corrected chi connectivity index (χ0v) is 12.2. The first-order valence-electron chi connectivity index (χ1n) is 7.54. The fourth-order valence-corrected chi connectivity index (χ4v) is 2.71. The van der Waals surface area contributed by atoms with E-state index < -0.39 is 0 Å². The second kappa shape index (κ2) is 5.59. The van der Waals surface area contributed by atoms with Crippen molar-refractivity contribution in [2.24, 2.45) is 0 Å². The largest absolute Gasteiger partial charge is 0.357 e. The molecule has 112 valence electrons. The van der Waals surface area contributed by atoms with Crippen LogP contribution in [-0.4, -0.2) is 37.9 Å². The Morgan fingerprint density at radius 1 is 1.00 bits per heavy atom. The van der Waals surface area contributed by atoms with Crippen molar-refractivity contribution in [1.29, 1.82) is 0 Å². The van der Waals surface area contributed by atoms with E-state index in [4.69, 9.17) is 0 Å². The molecule has 7 heteroatoms. The highest BCUT2D eigenvalue weighted by atomic mass is 15.4. The smallest absolute Gasteiger partial charge is 0.177 e. The Hall–Kier alpha value is -2.70. The molecule has 4 heterocycles. The first-order chi connectivity index (χ1) is 10.9. The van der Waals surface area contributed by atoms with Crippen LogP contribution in [0.1, 0.15) is 19.3 Å². The molecule has 0 aromatic carbocycles. The molecule has 0 bridgehead atoms. The highest BCUT2D eigenvalue weighted by Crippen LogP contribution is 2.20. The van der Waals surface area contributed by atoms with E-state index in [-0.39, 0.29) is 0 Å². The molecule has 3 aromatic rings. The van der Waals surface area contributed by atoms with Gasteiger partial charge in [-0.3, -0.25) is 0 Å². The summed E-state index contributed by atoms with van der Waals surface area (Å²) < 4.78 is 1.64. The Labute approximate surface area is 128 Å². The van der Waals surface area contributed by atoms with Gasteiger partial charge in [0.15, 0.2) is 11.5 Å². The summed E-state index contributed by atoms with van der Waals surface area (Å²) in [5.41, 5.74) is 1.64. The maximum atomic E-state index is 4.56. The van der Waals surface area contributed by atoms with Crippen LogP contribution in [-0.2, 0) is 0 Å². The SMILES string of the molecule is c1cc(N2CCCCC2)ncc1Nc1ccc2nncn2n1. The second-order valence-corrected chi connectivity index (χ2v) is 5.43. The number of aromatic nitrogens is 5. The number of hydrogen-bond acceptors (Lipinski definition) is 6. The quantitative estimate of drug-likeness (QED) is 0.799. The topological polar surface area (TPSA) is 71.2 Å². The molecule has 1 aliphatic rings. The Morgan fingerprint density at radius 3 is 2.73 bits per heavy atom. The Kier molecular flexibility index (Phi) is 3.30. The first-order valence-corrected chi connectivity index (χ1v) is 7.54. The molecule has 3 aromatic heterocycles.